The number of rotatable bonds is 4. The van der Waals surface area contributed by atoms with Crippen LogP contribution in [-0.2, 0) is 33.2 Å². The minimum atomic E-state index is -3.76. The molecule has 27 heavy (non-hydrogen) atoms. The second-order valence-corrected chi connectivity index (χ2v) is 8.69. The zero-order chi connectivity index (χ0) is 19.2. The van der Waals surface area contributed by atoms with Gasteiger partial charge in [0.1, 0.15) is 5.54 Å². The quantitative estimate of drug-likeness (QED) is 0.701. The summed E-state index contributed by atoms with van der Waals surface area (Å²) in [6.07, 6.45) is 2.92. The summed E-state index contributed by atoms with van der Waals surface area (Å²) in [6, 6.07) is 11.1. The van der Waals surface area contributed by atoms with Gasteiger partial charge < -0.3 is 5.32 Å². The number of carbonyl (C=O) groups is 2. The zero-order valence-corrected chi connectivity index (χ0v) is 15.5. The molecule has 1 heterocycles. The average Bonchev–Trinajstić information content (AvgIpc) is 3.18. The summed E-state index contributed by atoms with van der Waals surface area (Å²) in [6.45, 7) is 1.57. The molecule has 1 fully saturated rings. The van der Waals surface area contributed by atoms with Crippen molar-refractivity contribution in [2.45, 2.75) is 36.6 Å². The SMILES string of the molecule is CC1(c2cccc(NS(=O)(=O)c3ccc4c(c3)CCC4)c2)NC(=O)NC1=O. The zero-order valence-electron chi connectivity index (χ0n) is 14.7. The van der Waals surface area contributed by atoms with E-state index in [0.717, 1.165) is 24.8 Å². The first-order valence-corrected chi connectivity index (χ1v) is 10.1. The fourth-order valence-electron chi connectivity index (χ4n) is 3.57. The van der Waals surface area contributed by atoms with Gasteiger partial charge in [-0.15, -0.1) is 0 Å². The Bertz CT molecular complexity index is 1060. The first-order chi connectivity index (χ1) is 12.8. The Hall–Kier alpha value is -2.87. The maximum absolute atomic E-state index is 12.8. The van der Waals surface area contributed by atoms with Gasteiger partial charge in [-0.1, -0.05) is 18.2 Å². The molecular formula is C19H19N3O4S. The maximum Gasteiger partial charge on any atom is 0.322 e. The molecule has 1 aliphatic carbocycles. The monoisotopic (exact) mass is 385 g/mol. The molecule has 8 heteroatoms. The van der Waals surface area contributed by atoms with Gasteiger partial charge in [-0.2, -0.15) is 0 Å². The maximum atomic E-state index is 12.8. The van der Waals surface area contributed by atoms with E-state index >= 15 is 0 Å². The van der Waals surface area contributed by atoms with E-state index in [0.29, 0.717) is 11.3 Å². The molecule has 1 aliphatic heterocycles. The van der Waals surface area contributed by atoms with Gasteiger partial charge in [0.2, 0.25) is 0 Å². The third-order valence-corrected chi connectivity index (χ3v) is 6.50. The summed E-state index contributed by atoms with van der Waals surface area (Å²) in [4.78, 5) is 23.8. The van der Waals surface area contributed by atoms with Gasteiger partial charge >= 0.3 is 6.03 Å². The lowest BCUT2D eigenvalue weighted by molar-refractivity contribution is -0.123. The Morgan fingerprint density at radius 3 is 2.56 bits per heavy atom. The number of fused-ring (bicyclic) bond motifs is 1. The summed E-state index contributed by atoms with van der Waals surface area (Å²) >= 11 is 0. The molecule has 140 valence electrons. The van der Waals surface area contributed by atoms with Gasteiger partial charge in [0.15, 0.2) is 0 Å². The number of benzene rings is 2. The fraction of sp³-hybridized carbons (Fsp3) is 0.263. The summed E-state index contributed by atoms with van der Waals surface area (Å²) in [5.41, 5.74) is 1.84. The van der Waals surface area contributed by atoms with Gasteiger partial charge in [0.05, 0.1) is 4.90 Å². The van der Waals surface area contributed by atoms with Gasteiger partial charge in [-0.3, -0.25) is 14.8 Å². The van der Waals surface area contributed by atoms with Crippen molar-refractivity contribution in [2.24, 2.45) is 0 Å². The highest BCUT2D eigenvalue weighted by Crippen LogP contribution is 2.29. The molecule has 3 amide bonds. The number of aryl methyl sites for hydroxylation is 2. The summed E-state index contributed by atoms with van der Waals surface area (Å²) in [5, 5.41) is 4.77. The van der Waals surface area contributed by atoms with E-state index in [4.69, 9.17) is 0 Å². The lowest BCUT2D eigenvalue weighted by atomic mass is 9.92. The van der Waals surface area contributed by atoms with E-state index in [1.165, 1.54) is 5.56 Å². The standard InChI is InChI=1S/C19H19N3O4S/c1-19(17(23)20-18(24)21-19)14-6-3-7-15(11-14)22-27(25,26)16-9-8-12-4-2-5-13(12)10-16/h3,6-11,22H,2,4-5H2,1H3,(H2,20,21,23,24). The average molecular weight is 385 g/mol. The number of anilines is 1. The van der Waals surface area contributed by atoms with Crippen LogP contribution in [0.15, 0.2) is 47.4 Å². The molecule has 0 saturated carbocycles. The van der Waals surface area contributed by atoms with Crippen molar-refractivity contribution < 1.29 is 18.0 Å². The molecular weight excluding hydrogens is 366 g/mol. The van der Waals surface area contributed by atoms with Crippen LogP contribution in [0.2, 0.25) is 0 Å². The molecule has 1 unspecified atom stereocenters. The predicted octanol–water partition coefficient (Wildman–Crippen LogP) is 2.03. The Labute approximate surface area is 157 Å². The number of hydrogen-bond acceptors (Lipinski definition) is 4. The number of hydrogen-bond donors (Lipinski definition) is 3. The van der Waals surface area contributed by atoms with Crippen LogP contribution in [0.1, 0.15) is 30.0 Å². The van der Waals surface area contributed by atoms with Crippen LogP contribution in [0.5, 0.6) is 0 Å². The molecule has 0 spiro atoms. The van der Waals surface area contributed by atoms with Crippen LogP contribution in [0.25, 0.3) is 0 Å². The minimum Gasteiger partial charge on any atom is -0.320 e. The van der Waals surface area contributed by atoms with Crippen molar-refractivity contribution in [3.63, 3.8) is 0 Å². The number of nitrogens with one attached hydrogen (secondary N) is 3. The van der Waals surface area contributed by atoms with Crippen LogP contribution in [0.3, 0.4) is 0 Å². The van der Waals surface area contributed by atoms with Crippen molar-refractivity contribution in [1.29, 1.82) is 0 Å². The number of amides is 3. The van der Waals surface area contributed by atoms with E-state index in [1.807, 2.05) is 6.07 Å². The highest BCUT2D eigenvalue weighted by Gasteiger charge is 2.43. The van der Waals surface area contributed by atoms with Crippen molar-refractivity contribution in [3.05, 3.63) is 59.2 Å². The summed E-state index contributed by atoms with van der Waals surface area (Å²) in [5.74, 6) is -0.480. The van der Waals surface area contributed by atoms with Crippen LogP contribution < -0.4 is 15.4 Å². The van der Waals surface area contributed by atoms with Crippen LogP contribution in [-0.4, -0.2) is 20.4 Å². The first kappa shape index (κ1) is 17.5. The highest BCUT2D eigenvalue weighted by atomic mass is 32.2. The number of urea groups is 1. The molecule has 7 nitrogen and oxygen atoms in total. The Morgan fingerprint density at radius 1 is 1.04 bits per heavy atom. The second kappa shape index (κ2) is 6.09. The topological polar surface area (TPSA) is 104 Å². The van der Waals surface area contributed by atoms with Crippen LogP contribution in [0, 0.1) is 0 Å². The number of sulfonamides is 1. The van der Waals surface area contributed by atoms with Gasteiger partial charge in [0.25, 0.3) is 15.9 Å². The van der Waals surface area contributed by atoms with Crippen LogP contribution >= 0.6 is 0 Å². The normalized spacial score (nSPS) is 21.5. The van der Waals surface area contributed by atoms with E-state index < -0.39 is 27.5 Å². The molecule has 1 atom stereocenters. The third-order valence-electron chi connectivity index (χ3n) is 5.12. The summed E-state index contributed by atoms with van der Waals surface area (Å²) in [7, 11) is -3.76. The van der Waals surface area contributed by atoms with Crippen molar-refractivity contribution >= 4 is 27.6 Å². The van der Waals surface area contributed by atoms with E-state index in [2.05, 4.69) is 15.4 Å². The first-order valence-electron chi connectivity index (χ1n) is 8.67. The van der Waals surface area contributed by atoms with Crippen molar-refractivity contribution in [2.75, 3.05) is 4.72 Å². The molecule has 2 aliphatic rings. The largest absolute Gasteiger partial charge is 0.322 e. The number of carbonyl (C=O) groups excluding carboxylic acids is 2. The second-order valence-electron chi connectivity index (χ2n) is 7.00. The van der Waals surface area contributed by atoms with Gasteiger partial charge in [-0.05, 0) is 67.1 Å². The third kappa shape index (κ3) is 3.06. The molecule has 3 N–H and O–H groups in total. The minimum absolute atomic E-state index is 0.215. The van der Waals surface area contributed by atoms with E-state index in [1.54, 1.807) is 43.3 Å². The van der Waals surface area contributed by atoms with Gasteiger partial charge in [-0.25, -0.2) is 13.2 Å². The molecule has 2 aromatic carbocycles. The van der Waals surface area contributed by atoms with Crippen LogP contribution in [0.4, 0.5) is 10.5 Å². The van der Waals surface area contributed by atoms with E-state index in [-0.39, 0.29) is 4.90 Å². The molecule has 1 saturated heterocycles. The van der Waals surface area contributed by atoms with Crippen molar-refractivity contribution in [3.8, 4) is 0 Å². The smallest absolute Gasteiger partial charge is 0.320 e. The molecule has 0 radical (unpaired) electrons. The van der Waals surface area contributed by atoms with E-state index in [9.17, 15) is 18.0 Å². The fourth-order valence-corrected chi connectivity index (χ4v) is 4.67. The lowest BCUT2D eigenvalue weighted by Gasteiger charge is -2.22. The predicted molar refractivity (Wildman–Crippen MR) is 99.7 cm³/mol. The summed E-state index contributed by atoms with van der Waals surface area (Å²) < 4.78 is 28.1. The Kier molecular flexibility index (Phi) is 3.96. The van der Waals surface area contributed by atoms with Gasteiger partial charge in [0, 0.05) is 5.69 Å². The molecule has 2 aromatic rings. The molecule has 4 rings (SSSR count). The highest BCUT2D eigenvalue weighted by molar-refractivity contribution is 7.92. The molecule has 0 bridgehead atoms. The lowest BCUT2D eigenvalue weighted by Crippen LogP contribution is -2.40. The Balaban J connectivity index is 1.63. The number of imide groups is 1. The Morgan fingerprint density at radius 2 is 1.81 bits per heavy atom. The van der Waals surface area contributed by atoms with Crippen molar-refractivity contribution in [1.82, 2.24) is 10.6 Å². The molecule has 0 aromatic heterocycles.